The first kappa shape index (κ1) is 13.8. The van der Waals surface area contributed by atoms with E-state index < -0.39 is 18.1 Å². The molecular formula is C13H16N2O3. The molecule has 1 aromatic rings. The van der Waals surface area contributed by atoms with Crippen molar-refractivity contribution in [3.05, 3.63) is 48.0 Å². The van der Waals surface area contributed by atoms with Crippen LogP contribution in [0.4, 0.5) is 4.79 Å². The Kier molecular flexibility index (Phi) is 5.44. The Morgan fingerprint density at radius 2 is 2.06 bits per heavy atom. The van der Waals surface area contributed by atoms with Crippen LogP contribution in [-0.2, 0) is 16.1 Å². The molecule has 0 fully saturated rings. The quantitative estimate of drug-likeness (QED) is 0.771. The molecule has 0 aliphatic heterocycles. The topological polar surface area (TPSA) is 81.4 Å². The second-order valence-electron chi connectivity index (χ2n) is 3.71. The molecule has 5 heteroatoms. The minimum atomic E-state index is -0.574. The molecule has 0 aromatic heterocycles. The van der Waals surface area contributed by atoms with Crippen LogP contribution in [-0.4, -0.2) is 18.1 Å². The summed E-state index contributed by atoms with van der Waals surface area (Å²) >= 11 is 0. The third-order valence-corrected chi connectivity index (χ3v) is 2.10. The van der Waals surface area contributed by atoms with Gasteiger partial charge in [0.1, 0.15) is 6.10 Å². The molecule has 18 heavy (non-hydrogen) atoms. The van der Waals surface area contributed by atoms with Gasteiger partial charge in [0.2, 0.25) is 5.91 Å². The van der Waals surface area contributed by atoms with Crippen LogP contribution in [0.15, 0.2) is 42.5 Å². The maximum absolute atomic E-state index is 11.4. The van der Waals surface area contributed by atoms with Gasteiger partial charge < -0.3 is 15.8 Å². The van der Waals surface area contributed by atoms with Crippen molar-refractivity contribution < 1.29 is 14.3 Å². The number of hydrogen-bond donors (Lipinski definition) is 2. The Morgan fingerprint density at radius 1 is 1.39 bits per heavy atom. The standard InChI is InChI=1S/C13H16N2O3/c1-10(7-8-12(14)16)18-13(17)15-9-11-5-3-2-4-6-11/h2-8,10H,9H2,1H3,(H2,14,16)(H,15,17). The van der Waals surface area contributed by atoms with Gasteiger partial charge in [0.25, 0.3) is 0 Å². The molecule has 0 saturated heterocycles. The van der Waals surface area contributed by atoms with E-state index in [1.54, 1.807) is 6.92 Å². The Labute approximate surface area is 106 Å². The zero-order valence-corrected chi connectivity index (χ0v) is 10.1. The van der Waals surface area contributed by atoms with Gasteiger partial charge in [0.05, 0.1) is 0 Å². The zero-order valence-electron chi connectivity index (χ0n) is 10.1. The second-order valence-corrected chi connectivity index (χ2v) is 3.71. The van der Waals surface area contributed by atoms with Gasteiger partial charge in [-0.3, -0.25) is 4.79 Å². The molecule has 2 amide bonds. The van der Waals surface area contributed by atoms with Crippen LogP contribution >= 0.6 is 0 Å². The van der Waals surface area contributed by atoms with Crippen molar-refractivity contribution in [2.75, 3.05) is 0 Å². The molecule has 0 aliphatic rings. The van der Waals surface area contributed by atoms with Gasteiger partial charge in [-0.05, 0) is 18.6 Å². The van der Waals surface area contributed by atoms with E-state index in [4.69, 9.17) is 10.5 Å². The molecular weight excluding hydrogens is 232 g/mol. The highest BCUT2D eigenvalue weighted by atomic mass is 16.6. The van der Waals surface area contributed by atoms with E-state index >= 15 is 0 Å². The predicted molar refractivity (Wildman–Crippen MR) is 67.6 cm³/mol. The summed E-state index contributed by atoms with van der Waals surface area (Å²) in [6.45, 7) is 2.04. The molecule has 1 atom stereocenters. The van der Waals surface area contributed by atoms with E-state index in [-0.39, 0.29) is 0 Å². The zero-order chi connectivity index (χ0) is 13.4. The summed E-state index contributed by atoms with van der Waals surface area (Å²) in [5.74, 6) is -0.574. The molecule has 0 radical (unpaired) electrons. The summed E-state index contributed by atoms with van der Waals surface area (Å²) in [6, 6.07) is 9.48. The van der Waals surface area contributed by atoms with Crippen molar-refractivity contribution >= 4 is 12.0 Å². The van der Waals surface area contributed by atoms with Crippen molar-refractivity contribution in [1.29, 1.82) is 0 Å². The molecule has 0 spiro atoms. The van der Waals surface area contributed by atoms with Crippen LogP contribution in [0.2, 0.25) is 0 Å². The molecule has 5 nitrogen and oxygen atoms in total. The number of benzene rings is 1. The van der Waals surface area contributed by atoms with E-state index in [2.05, 4.69) is 5.32 Å². The molecule has 3 N–H and O–H groups in total. The van der Waals surface area contributed by atoms with E-state index in [0.717, 1.165) is 11.6 Å². The van der Waals surface area contributed by atoms with Gasteiger partial charge in [-0.15, -0.1) is 0 Å². The lowest BCUT2D eigenvalue weighted by Gasteiger charge is -2.10. The monoisotopic (exact) mass is 248 g/mol. The maximum Gasteiger partial charge on any atom is 0.407 e. The lowest BCUT2D eigenvalue weighted by atomic mass is 10.2. The number of amides is 2. The van der Waals surface area contributed by atoms with Crippen molar-refractivity contribution in [2.45, 2.75) is 19.6 Å². The number of hydrogen-bond acceptors (Lipinski definition) is 3. The third kappa shape index (κ3) is 5.69. The fourth-order valence-electron chi connectivity index (χ4n) is 1.25. The predicted octanol–water partition coefficient (Wildman–Crippen LogP) is 1.34. The van der Waals surface area contributed by atoms with Gasteiger partial charge in [0, 0.05) is 12.6 Å². The van der Waals surface area contributed by atoms with Crippen LogP contribution in [0.1, 0.15) is 12.5 Å². The largest absolute Gasteiger partial charge is 0.442 e. The maximum atomic E-state index is 11.4. The van der Waals surface area contributed by atoms with Crippen LogP contribution in [0.25, 0.3) is 0 Å². The molecule has 0 heterocycles. The van der Waals surface area contributed by atoms with Crippen LogP contribution in [0.3, 0.4) is 0 Å². The van der Waals surface area contributed by atoms with Crippen molar-refractivity contribution in [3.8, 4) is 0 Å². The third-order valence-electron chi connectivity index (χ3n) is 2.10. The molecule has 0 aliphatic carbocycles. The first-order valence-electron chi connectivity index (χ1n) is 5.54. The number of carbonyl (C=O) groups excluding carboxylic acids is 2. The lowest BCUT2D eigenvalue weighted by Crippen LogP contribution is -2.26. The number of primary amides is 1. The number of nitrogens with one attached hydrogen (secondary N) is 1. The average molecular weight is 248 g/mol. The molecule has 1 unspecified atom stereocenters. The number of alkyl carbamates (subject to hydrolysis) is 1. The second kappa shape index (κ2) is 7.11. The molecule has 0 saturated carbocycles. The molecule has 0 bridgehead atoms. The highest BCUT2D eigenvalue weighted by molar-refractivity contribution is 5.85. The van der Waals surface area contributed by atoms with Crippen molar-refractivity contribution in [2.24, 2.45) is 5.73 Å². The highest BCUT2D eigenvalue weighted by Crippen LogP contribution is 1.99. The van der Waals surface area contributed by atoms with E-state index in [1.165, 1.54) is 6.08 Å². The Morgan fingerprint density at radius 3 is 2.67 bits per heavy atom. The van der Waals surface area contributed by atoms with Crippen LogP contribution in [0.5, 0.6) is 0 Å². The summed E-state index contributed by atoms with van der Waals surface area (Å²) in [4.78, 5) is 21.9. The SMILES string of the molecule is CC(C=CC(N)=O)OC(=O)NCc1ccccc1. The summed E-state index contributed by atoms with van der Waals surface area (Å²) < 4.78 is 4.98. The first-order valence-corrected chi connectivity index (χ1v) is 5.54. The van der Waals surface area contributed by atoms with Crippen LogP contribution < -0.4 is 11.1 Å². The Hall–Kier alpha value is -2.30. The number of nitrogens with two attached hydrogens (primary N) is 1. The summed E-state index contributed by atoms with van der Waals surface area (Å²) in [5, 5.41) is 2.61. The first-order chi connectivity index (χ1) is 8.58. The van der Waals surface area contributed by atoms with Gasteiger partial charge in [-0.25, -0.2) is 4.79 Å². The minimum absolute atomic E-state index is 0.395. The van der Waals surface area contributed by atoms with Crippen molar-refractivity contribution in [3.63, 3.8) is 0 Å². The summed E-state index contributed by atoms with van der Waals surface area (Å²) in [5.41, 5.74) is 5.91. The fraction of sp³-hybridized carbons (Fsp3) is 0.231. The number of rotatable bonds is 5. The highest BCUT2D eigenvalue weighted by Gasteiger charge is 2.06. The van der Waals surface area contributed by atoms with Crippen LogP contribution in [0, 0.1) is 0 Å². The minimum Gasteiger partial charge on any atom is -0.442 e. The normalized spacial score (nSPS) is 12.1. The van der Waals surface area contributed by atoms with Gasteiger partial charge in [0.15, 0.2) is 0 Å². The smallest absolute Gasteiger partial charge is 0.407 e. The van der Waals surface area contributed by atoms with E-state index in [1.807, 2.05) is 30.3 Å². The Balaban J connectivity index is 2.31. The summed E-state index contributed by atoms with van der Waals surface area (Å²) in [6.07, 6.45) is 1.54. The van der Waals surface area contributed by atoms with E-state index in [9.17, 15) is 9.59 Å². The van der Waals surface area contributed by atoms with E-state index in [0.29, 0.717) is 6.54 Å². The lowest BCUT2D eigenvalue weighted by molar-refractivity contribution is -0.113. The average Bonchev–Trinajstić information content (AvgIpc) is 2.35. The number of carbonyl (C=O) groups is 2. The van der Waals surface area contributed by atoms with Crippen molar-refractivity contribution in [1.82, 2.24) is 5.32 Å². The molecule has 1 rings (SSSR count). The van der Waals surface area contributed by atoms with Gasteiger partial charge in [-0.1, -0.05) is 30.3 Å². The molecule has 1 aromatic carbocycles. The summed E-state index contributed by atoms with van der Waals surface area (Å²) in [7, 11) is 0. The van der Waals surface area contributed by atoms with Gasteiger partial charge in [-0.2, -0.15) is 0 Å². The molecule has 96 valence electrons. The number of ether oxygens (including phenoxy) is 1. The fourth-order valence-corrected chi connectivity index (χ4v) is 1.25. The van der Waals surface area contributed by atoms with Gasteiger partial charge >= 0.3 is 6.09 Å². The Bertz CT molecular complexity index is 429.